The number of likely N-dealkylation sites (tertiary alicyclic amines) is 1. The number of nitrogens with zero attached hydrogens (tertiary/aromatic N) is 4. The first kappa shape index (κ1) is 19.9. The van der Waals surface area contributed by atoms with Crippen LogP contribution >= 0.6 is 0 Å². The molecule has 0 spiro atoms. The van der Waals surface area contributed by atoms with Gasteiger partial charge in [0.05, 0.1) is 26.0 Å². The van der Waals surface area contributed by atoms with Crippen molar-refractivity contribution in [1.29, 1.82) is 0 Å². The normalized spacial score (nSPS) is 19.2. The van der Waals surface area contributed by atoms with E-state index in [9.17, 15) is 4.79 Å². The number of aromatic nitrogens is 1. The average Bonchev–Trinajstić information content (AvgIpc) is 2.70. The number of methoxy groups -OCH3 is 1. The van der Waals surface area contributed by atoms with Crippen LogP contribution in [0.3, 0.4) is 0 Å². The van der Waals surface area contributed by atoms with E-state index in [1.165, 1.54) is 0 Å². The maximum absolute atomic E-state index is 12.7. The molecule has 0 unspecified atom stereocenters. The third kappa shape index (κ3) is 4.52. The highest BCUT2D eigenvalue weighted by Gasteiger charge is 2.29. The molecule has 7 nitrogen and oxygen atoms in total. The van der Waals surface area contributed by atoms with E-state index in [1.807, 2.05) is 30.0 Å². The van der Waals surface area contributed by atoms with E-state index in [4.69, 9.17) is 9.47 Å². The molecule has 2 aliphatic heterocycles. The topological polar surface area (TPSA) is 58.1 Å². The highest BCUT2D eigenvalue weighted by molar-refractivity contribution is 5.74. The van der Waals surface area contributed by atoms with Crippen molar-refractivity contribution in [2.75, 3.05) is 53.6 Å². The summed E-state index contributed by atoms with van der Waals surface area (Å²) in [6.07, 6.45) is 3.88. The summed E-state index contributed by atoms with van der Waals surface area (Å²) in [5, 5.41) is 0. The molecule has 0 N–H and O–H groups in total. The number of hydrogen-bond acceptors (Lipinski definition) is 5. The van der Waals surface area contributed by atoms with E-state index in [-0.39, 0.29) is 6.03 Å². The third-order valence-electron chi connectivity index (χ3n) is 5.81. The van der Waals surface area contributed by atoms with Crippen molar-refractivity contribution < 1.29 is 14.3 Å². The molecule has 0 radical (unpaired) electrons. The lowest BCUT2D eigenvalue weighted by molar-refractivity contribution is 0.0378. The van der Waals surface area contributed by atoms with Crippen LogP contribution in [0.25, 0.3) is 0 Å². The van der Waals surface area contributed by atoms with Gasteiger partial charge in [0.15, 0.2) is 0 Å². The lowest BCUT2D eigenvalue weighted by atomic mass is 10.0. The summed E-state index contributed by atoms with van der Waals surface area (Å²) in [5.74, 6) is 0.936. The number of morpholine rings is 1. The summed E-state index contributed by atoms with van der Waals surface area (Å²) in [7, 11) is 3.65. The molecular weight excluding hydrogens is 344 g/mol. The number of carbonyl (C=O) groups excluding carboxylic acids is 1. The zero-order valence-electron chi connectivity index (χ0n) is 17.0. The van der Waals surface area contributed by atoms with Gasteiger partial charge in [-0.15, -0.1) is 0 Å². The van der Waals surface area contributed by atoms with Gasteiger partial charge < -0.3 is 19.3 Å². The fourth-order valence-electron chi connectivity index (χ4n) is 4.04. The van der Waals surface area contributed by atoms with E-state index in [1.54, 1.807) is 7.11 Å². The van der Waals surface area contributed by atoms with Crippen LogP contribution in [-0.4, -0.2) is 85.3 Å². The maximum atomic E-state index is 12.7. The third-order valence-corrected chi connectivity index (χ3v) is 5.81. The van der Waals surface area contributed by atoms with Gasteiger partial charge in [0.1, 0.15) is 5.75 Å². The maximum Gasteiger partial charge on any atom is 0.320 e. The number of aryl methyl sites for hydroxylation is 1. The Morgan fingerprint density at radius 3 is 2.56 bits per heavy atom. The van der Waals surface area contributed by atoms with Crippen molar-refractivity contribution in [3.8, 4) is 5.75 Å². The van der Waals surface area contributed by atoms with Crippen molar-refractivity contribution in [1.82, 2.24) is 19.7 Å². The molecule has 0 atom stereocenters. The van der Waals surface area contributed by atoms with Crippen LogP contribution < -0.4 is 4.74 Å². The van der Waals surface area contributed by atoms with E-state index < -0.39 is 0 Å². The summed E-state index contributed by atoms with van der Waals surface area (Å²) < 4.78 is 10.9. The predicted molar refractivity (Wildman–Crippen MR) is 104 cm³/mol. The molecule has 7 heteroatoms. The van der Waals surface area contributed by atoms with Gasteiger partial charge in [-0.2, -0.15) is 0 Å². The number of rotatable bonds is 4. The van der Waals surface area contributed by atoms with Gasteiger partial charge in [0.25, 0.3) is 0 Å². The first-order valence-corrected chi connectivity index (χ1v) is 9.82. The summed E-state index contributed by atoms with van der Waals surface area (Å²) in [4.78, 5) is 23.6. The second kappa shape index (κ2) is 8.89. The molecule has 2 amide bonds. The molecule has 1 aromatic rings. The van der Waals surface area contributed by atoms with E-state index in [0.717, 1.165) is 55.0 Å². The Kier molecular flexibility index (Phi) is 6.55. The van der Waals surface area contributed by atoms with Gasteiger partial charge in [-0.25, -0.2) is 4.79 Å². The minimum atomic E-state index is 0.137. The Balaban J connectivity index is 1.54. The molecule has 3 heterocycles. The quantitative estimate of drug-likeness (QED) is 0.805. The van der Waals surface area contributed by atoms with Crippen LogP contribution in [0.15, 0.2) is 6.20 Å². The Labute approximate surface area is 162 Å². The molecule has 2 saturated heterocycles. The molecular formula is C20H32N4O3. The largest absolute Gasteiger partial charge is 0.496 e. The molecule has 27 heavy (non-hydrogen) atoms. The second-order valence-corrected chi connectivity index (χ2v) is 7.55. The number of ether oxygens (including phenoxy) is 2. The van der Waals surface area contributed by atoms with Gasteiger partial charge in [-0.3, -0.25) is 9.88 Å². The van der Waals surface area contributed by atoms with Crippen molar-refractivity contribution in [3.63, 3.8) is 0 Å². The number of carbonyl (C=O) groups is 1. The van der Waals surface area contributed by atoms with E-state index in [0.29, 0.717) is 32.3 Å². The van der Waals surface area contributed by atoms with Crippen LogP contribution in [-0.2, 0) is 11.3 Å². The zero-order valence-corrected chi connectivity index (χ0v) is 17.0. The smallest absolute Gasteiger partial charge is 0.320 e. The van der Waals surface area contributed by atoms with Crippen molar-refractivity contribution in [2.24, 2.45) is 0 Å². The first-order chi connectivity index (χ1) is 13.0. The first-order valence-electron chi connectivity index (χ1n) is 9.82. The number of urea groups is 1. The number of hydrogen-bond donors (Lipinski definition) is 0. The van der Waals surface area contributed by atoms with E-state index >= 15 is 0 Å². The molecule has 0 saturated carbocycles. The Morgan fingerprint density at radius 2 is 1.93 bits per heavy atom. The van der Waals surface area contributed by atoms with Crippen LogP contribution in [0.2, 0.25) is 0 Å². The molecule has 0 aliphatic carbocycles. The minimum absolute atomic E-state index is 0.137. The monoisotopic (exact) mass is 376 g/mol. The highest BCUT2D eigenvalue weighted by Crippen LogP contribution is 2.26. The fourth-order valence-corrected chi connectivity index (χ4v) is 4.04. The summed E-state index contributed by atoms with van der Waals surface area (Å²) >= 11 is 0. The molecule has 0 aromatic carbocycles. The van der Waals surface area contributed by atoms with Gasteiger partial charge >= 0.3 is 6.03 Å². The van der Waals surface area contributed by atoms with Crippen LogP contribution in [0.1, 0.15) is 29.7 Å². The van der Waals surface area contributed by atoms with Crippen LogP contribution in [0, 0.1) is 13.8 Å². The van der Waals surface area contributed by atoms with Crippen LogP contribution in [0.5, 0.6) is 5.75 Å². The molecule has 150 valence electrons. The molecule has 2 aliphatic rings. The summed E-state index contributed by atoms with van der Waals surface area (Å²) in [6, 6.07) is 0.440. The molecule has 3 rings (SSSR count). The van der Waals surface area contributed by atoms with Crippen molar-refractivity contribution in [2.45, 2.75) is 39.3 Å². The summed E-state index contributed by atoms with van der Waals surface area (Å²) in [5.41, 5.74) is 3.27. The number of pyridine rings is 1. The Bertz CT molecular complexity index is 653. The van der Waals surface area contributed by atoms with Gasteiger partial charge in [0.2, 0.25) is 0 Å². The van der Waals surface area contributed by atoms with E-state index in [2.05, 4.69) is 16.8 Å². The van der Waals surface area contributed by atoms with Crippen LogP contribution in [0.4, 0.5) is 4.79 Å². The lowest BCUT2D eigenvalue weighted by Crippen LogP contribution is -2.52. The molecule has 1 aromatic heterocycles. The molecule has 2 fully saturated rings. The SMILES string of the molecule is COc1c(C)cnc(CN2CCC(N(C)C(=O)N3CCOCC3)CC2)c1C. The van der Waals surface area contributed by atoms with Crippen molar-refractivity contribution in [3.05, 3.63) is 23.0 Å². The Morgan fingerprint density at radius 1 is 1.26 bits per heavy atom. The standard InChI is InChI=1S/C20H32N4O3/c1-15-13-21-18(16(2)19(15)26-4)14-23-7-5-17(6-8-23)22(3)20(25)24-9-11-27-12-10-24/h13,17H,5-12,14H2,1-4H3. The molecule has 0 bridgehead atoms. The van der Waals surface area contributed by atoms with Gasteiger partial charge in [0, 0.05) is 63.1 Å². The van der Waals surface area contributed by atoms with Gasteiger partial charge in [-0.05, 0) is 26.7 Å². The Hall–Kier alpha value is -1.86. The second-order valence-electron chi connectivity index (χ2n) is 7.55. The van der Waals surface area contributed by atoms with Crippen molar-refractivity contribution >= 4 is 6.03 Å². The average molecular weight is 377 g/mol. The minimum Gasteiger partial charge on any atom is -0.496 e. The summed E-state index contributed by atoms with van der Waals surface area (Å²) in [6.45, 7) is 9.56. The highest BCUT2D eigenvalue weighted by atomic mass is 16.5. The lowest BCUT2D eigenvalue weighted by Gasteiger charge is -2.39. The number of piperidine rings is 1. The number of amides is 2. The zero-order chi connectivity index (χ0) is 19.4. The van der Waals surface area contributed by atoms with Gasteiger partial charge in [-0.1, -0.05) is 0 Å². The fraction of sp³-hybridized carbons (Fsp3) is 0.700. The predicted octanol–water partition coefficient (Wildman–Crippen LogP) is 2.06.